The van der Waals surface area contributed by atoms with Crippen molar-refractivity contribution in [3.63, 3.8) is 0 Å². The van der Waals surface area contributed by atoms with Gasteiger partial charge in [-0.25, -0.2) is 8.78 Å². The lowest BCUT2D eigenvalue weighted by molar-refractivity contribution is 0.189. The van der Waals surface area contributed by atoms with Gasteiger partial charge in [-0.3, -0.25) is 4.90 Å². The number of hydrogen-bond donors (Lipinski definition) is 0. The largest absolute Gasteiger partial charge is 0.297 e. The zero-order valence-electron chi connectivity index (χ0n) is 16.7. The molecule has 2 atom stereocenters. The van der Waals surface area contributed by atoms with E-state index in [1.807, 2.05) is 18.2 Å². The molecular weight excluding hydrogens is 354 g/mol. The standard InChI is InChI=1S/C24H28F2N2/c1-3-28(16-19-7-5-4-6-8-19)18(2)13-14-24(17-27,20-9-10-20)21-11-12-22(25)23(26)15-21/h4-8,11-12,15,18,20H,3,9-10,13-14,16H2,1-2H3. The summed E-state index contributed by atoms with van der Waals surface area (Å²) in [4.78, 5) is 2.40. The van der Waals surface area contributed by atoms with Gasteiger partial charge in [-0.1, -0.05) is 43.3 Å². The number of rotatable bonds is 9. The Morgan fingerprint density at radius 1 is 1.14 bits per heavy atom. The van der Waals surface area contributed by atoms with E-state index < -0.39 is 17.0 Å². The number of nitrogens with zero attached hydrogens (tertiary/aromatic N) is 2. The normalized spacial score (nSPS) is 17.1. The van der Waals surface area contributed by atoms with Crippen LogP contribution in [0.15, 0.2) is 48.5 Å². The minimum atomic E-state index is -0.870. The average Bonchev–Trinajstić information content (AvgIpc) is 3.56. The van der Waals surface area contributed by atoms with E-state index >= 15 is 0 Å². The molecule has 2 aromatic rings. The lowest BCUT2D eigenvalue weighted by Gasteiger charge is -2.33. The molecule has 28 heavy (non-hydrogen) atoms. The molecule has 0 N–H and O–H groups in total. The maximum absolute atomic E-state index is 13.9. The van der Waals surface area contributed by atoms with E-state index in [4.69, 9.17) is 0 Å². The van der Waals surface area contributed by atoms with Gasteiger partial charge in [0.25, 0.3) is 0 Å². The molecule has 3 rings (SSSR count). The Hall–Kier alpha value is -2.25. The van der Waals surface area contributed by atoms with Crippen LogP contribution in [0.4, 0.5) is 8.78 Å². The van der Waals surface area contributed by atoms with Crippen LogP contribution in [-0.4, -0.2) is 17.5 Å². The minimum Gasteiger partial charge on any atom is -0.297 e. The molecule has 0 radical (unpaired) electrons. The van der Waals surface area contributed by atoms with Crippen LogP contribution in [0.2, 0.25) is 0 Å². The van der Waals surface area contributed by atoms with Crippen molar-refractivity contribution >= 4 is 0 Å². The minimum absolute atomic E-state index is 0.235. The van der Waals surface area contributed by atoms with E-state index in [9.17, 15) is 14.0 Å². The molecule has 0 aliphatic heterocycles. The molecule has 148 valence electrons. The van der Waals surface area contributed by atoms with Crippen LogP contribution in [0.3, 0.4) is 0 Å². The van der Waals surface area contributed by atoms with Crippen LogP contribution in [0, 0.1) is 28.9 Å². The summed E-state index contributed by atoms with van der Waals surface area (Å²) >= 11 is 0. The van der Waals surface area contributed by atoms with E-state index in [0.29, 0.717) is 18.0 Å². The molecule has 0 bridgehead atoms. The first-order valence-corrected chi connectivity index (χ1v) is 10.1. The molecule has 1 aliphatic carbocycles. The van der Waals surface area contributed by atoms with Crippen LogP contribution in [0.25, 0.3) is 0 Å². The first-order valence-electron chi connectivity index (χ1n) is 10.1. The van der Waals surface area contributed by atoms with Crippen LogP contribution < -0.4 is 0 Å². The summed E-state index contributed by atoms with van der Waals surface area (Å²) in [6.07, 6.45) is 3.44. The summed E-state index contributed by atoms with van der Waals surface area (Å²) in [7, 11) is 0. The smallest absolute Gasteiger partial charge is 0.159 e. The van der Waals surface area contributed by atoms with Crippen molar-refractivity contribution in [3.05, 3.63) is 71.3 Å². The summed E-state index contributed by atoms with van der Waals surface area (Å²) < 4.78 is 27.3. The topological polar surface area (TPSA) is 27.0 Å². The van der Waals surface area contributed by atoms with Gasteiger partial charge < -0.3 is 0 Å². The van der Waals surface area contributed by atoms with Crippen molar-refractivity contribution in [1.82, 2.24) is 4.90 Å². The average molecular weight is 382 g/mol. The Bertz CT molecular complexity index is 826. The third kappa shape index (κ3) is 4.42. The molecule has 2 nitrogen and oxygen atoms in total. The molecule has 0 spiro atoms. The molecule has 4 heteroatoms. The van der Waals surface area contributed by atoms with Crippen LogP contribution in [-0.2, 0) is 12.0 Å². The predicted octanol–water partition coefficient (Wildman–Crippen LogP) is 5.83. The summed E-state index contributed by atoms with van der Waals surface area (Å²) in [6.45, 7) is 6.12. The summed E-state index contributed by atoms with van der Waals surface area (Å²) in [6, 6.07) is 17.1. The Balaban J connectivity index is 1.74. The first-order chi connectivity index (χ1) is 13.5. The van der Waals surface area contributed by atoms with Crippen molar-refractivity contribution in [2.75, 3.05) is 6.54 Å². The number of benzene rings is 2. The number of hydrogen-bond acceptors (Lipinski definition) is 2. The van der Waals surface area contributed by atoms with Gasteiger partial charge in [0.2, 0.25) is 0 Å². The summed E-state index contributed by atoms with van der Waals surface area (Å²) in [5.74, 6) is -1.50. The van der Waals surface area contributed by atoms with Gasteiger partial charge >= 0.3 is 0 Å². The molecule has 0 amide bonds. The fourth-order valence-corrected chi connectivity index (χ4v) is 4.16. The third-order valence-electron chi connectivity index (χ3n) is 6.12. The van der Waals surface area contributed by atoms with Crippen molar-refractivity contribution < 1.29 is 8.78 Å². The zero-order valence-corrected chi connectivity index (χ0v) is 16.7. The highest BCUT2D eigenvalue weighted by atomic mass is 19.2. The van der Waals surface area contributed by atoms with E-state index in [2.05, 4.69) is 36.9 Å². The SMILES string of the molecule is CCN(Cc1ccccc1)C(C)CCC(C#N)(c1ccc(F)c(F)c1)C1CC1. The maximum atomic E-state index is 13.9. The van der Waals surface area contributed by atoms with Gasteiger partial charge in [0.15, 0.2) is 11.6 Å². The molecule has 0 heterocycles. The molecule has 1 saturated carbocycles. The third-order valence-corrected chi connectivity index (χ3v) is 6.12. The molecule has 1 aliphatic rings. The van der Waals surface area contributed by atoms with E-state index in [0.717, 1.165) is 38.4 Å². The second-order valence-electron chi connectivity index (χ2n) is 7.92. The van der Waals surface area contributed by atoms with Gasteiger partial charge in [0.1, 0.15) is 0 Å². The quantitative estimate of drug-likeness (QED) is 0.546. The Morgan fingerprint density at radius 3 is 2.43 bits per heavy atom. The highest BCUT2D eigenvalue weighted by Crippen LogP contribution is 2.50. The monoisotopic (exact) mass is 382 g/mol. The molecule has 1 fully saturated rings. The van der Waals surface area contributed by atoms with Crippen molar-refractivity contribution in [2.24, 2.45) is 5.92 Å². The van der Waals surface area contributed by atoms with Crippen molar-refractivity contribution in [2.45, 2.75) is 57.5 Å². The van der Waals surface area contributed by atoms with Gasteiger partial charge in [-0.15, -0.1) is 0 Å². The van der Waals surface area contributed by atoms with Gasteiger partial charge in [0.05, 0.1) is 11.5 Å². The van der Waals surface area contributed by atoms with Crippen LogP contribution in [0.5, 0.6) is 0 Å². The van der Waals surface area contributed by atoms with Gasteiger partial charge in [-0.05, 0) is 68.3 Å². The Labute approximate surface area is 166 Å². The van der Waals surface area contributed by atoms with Crippen molar-refractivity contribution in [3.8, 4) is 6.07 Å². The second kappa shape index (κ2) is 8.84. The van der Waals surface area contributed by atoms with Gasteiger partial charge in [0, 0.05) is 12.6 Å². The number of nitriles is 1. The second-order valence-corrected chi connectivity index (χ2v) is 7.92. The summed E-state index contributed by atoms with van der Waals surface area (Å²) in [5, 5.41) is 10.1. The van der Waals surface area contributed by atoms with E-state index in [1.165, 1.54) is 11.6 Å². The van der Waals surface area contributed by atoms with Crippen LogP contribution in [0.1, 0.15) is 50.7 Å². The zero-order chi connectivity index (χ0) is 20.1. The highest BCUT2D eigenvalue weighted by Gasteiger charge is 2.47. The van der Waals surface area contributed by atoms with Gasteiger partial charge in [-0.2, -0.15) is 5.26 Å². The molecular formula is C24H28F2N2. The number of halogens is 2. The molecule has 0 saturated heterocycles. The Morgan fingerprint density at radius 2 is 1.86 bits per heavy atom. The van der Waals surface area contributed by atoms with Crippen molar-refractivity contribution in [1.29, 1.82) is 5.26 Å². The van der Waals surface area contributed by atoms with Crippen LogP contribution >= 0.6 is 0 Å². The molecule has 0 aromatic heterocycles. The predicted molar refractivity (Wildman–Crippen MR) is 108 cm³/mol. The summed E-state index contributed by atoms with van der Waals surface area (Å²) in [5.41, 5.74) is 1.16. The highest BCUT2D eigenvalue weighted by molar-refractivity contribution is 5.36. The van der Waals surface area contributed by atoms with E-state index in [-0.39, 0.29) is 5.92 Å². The van der Waals surface area contributed by atoms with E-state index in [1.54, 1.807) is 6.07 Å². The molecule has 2 aromatic carbocycles. The maximum Gasteiger partial charge on any atom is 0.159 e. The fourth-order valence-electron chi connectivity index (χ4n) is 4.16. The molecule has 2 unspecified atom stereocenters. The fraction of sp³-hybridized carbons (Fsp3) is 0.458. The lowest BCUT2D eigenvalue weighted by Crippen LogP contribution is -2.35. The first kappa shape index (κ1) is 20.5. The lowest BCUT2D eigenvalue weighted by atomic mass is 9.73. The Kier molecular flexibility index (Phi) is 6.46.